The highest BCUT2D eigenvalue weighted by Gasteiger charge is 2.40. The van der Waals surface area contributed by atoms with E-state index in [4.69, 9.17) is 18.5 Å². The van der Waals surface area contributed by atoms with Crippen molar-refractivity contribution < 1.29 is 23.1 Å². The summed E-state index contributed by atoms with van der Waals surface area (Å²) in [7, 11) is -3.16. The molecule has 1 aliphatic rings. The summed E-state index contributed by atoms with van der Waals surface area (Å²) in [5, 5.41) is 0. The van der Waals surface area contributed by atoms with Crippen LogP contribution in [0.1, 0.15) is 56.3 Å². The molecule has 0 radical (unpaired) electrons. The molecule has 7 heteroatoms. The standard InChI is InChI=1S/C34H46NO5P/c1-4-39-41(36,40-5-2)27-31-21-22-35(28(3)32-19-13-8-14-20-32)33(23-31)34(38-25-30-17-11-7-12-18-30)26-37-24-29-15-9-6-10-16-29/h6-20,28,31,33-34H,4-5,21-27H2,1-3H3/t28-,31-,33+,34+/m0/s1. The minimum absolute atomic E-state index is 0.0696. The fourth-order valence-electron chi connectivity index (χ4n) is 5.79. The lowest BCUT2D eigenvalue weighted by Crippen LogP contribution is -2.52. The molecule has 222 valence electrons. The Balaban J connectivity index is 1.58. The van der Waals surface area contributed by atoms with Crippen LogP contribution in [-0.4, -0.2) is 49.6 Å². The Bertz CT molecular complexity index is 1170. The topological polar surface area (TPSA) is 57.2 Å². The Kier molecular flexibility index (Phi) is 12.6. The number of likely N-dealkylation sites (tertiary alicyclic amines) is 1. The van der Waals surface area contributed by atoms with E-state index in [9.17, 15) is 4.57 Å². The van der Waals surface area contributed by atoms with E-state index in [1.165, 1.54) is 5.56 Å². The molecule has 0 aliphatic carbocycles. The van der Waals surface area contributed by atoms with E-state index in [1.54, 1.807) is 0 Å². The van der Waals surface area contributed by atoms with Crippen LogP contribution in [-0.2, 0) is 36.3 Å². The maximum Gasteiger partial charge on any atom is 0.330 e. The average Bonchev–Trinajstić information content (AvgIpc) is 3.00. The lowest BCUT2D eigenvalue weighted by molar-refractivity contribution is -0.0943. The summed E-state index contributed by atoms with van der Waals surface area (Å²) < 4.78 is 37.9. The van der Waals surface area contributed by atoms with E-state index >= 15 is 0 Å². The monoisotopic (exact) mass is 579 g/mol. The van der Waals surface area contributed by atoms with E-state index in [-0.39, 0.29) is 24.1 Å². The van der Waals surface area contributed by atoms with Gasteiger partial charge in [-0.05, 0) is 62.8 Å². The summed E-state index contributed by atoms with van der Waals surface area (Å²) >= 11 is 0. The molecule has 0 aromatic heterocycles. The fraction of sp³-hybridized carbons (Fsp3) is 0.471. The Labute approximate surface area is 246 Å². The maximum absolute atomic E-state index is 13.5. The summed E-state index contributed by atoms with van der Waals surface area (Å²) in [6, 6.07) is 31.4. The molecule has 0 amide bonds. The summed E-state index contributed by atoms with van der Waals surface area (Å²) in [4.78, 5) is 2.56. The molecule has 1 saturated heterocycles. The molecule has 0 spiro atoms. The zero-order valence-corrected chi connectivity index (χ0v) is 25.7. The quantitative estimate of drug-likeness (QED) is 0.161. The number of benzene rings is 3. The molecule has 0 bridgehead atoms. The number of rotatable bonds is 16. The van der Waals surface area contributed by atoms with Crippen LogP contribution < -0.4 is 0 Å². The molecule has 6 nitrogen and oxygen atoms in total. The normalized spacial score (nSPS) is 19.6. The molecule has 1 aliphatic heterocycles. The van der Waals surface area contributed by atoms with Gasteiger partial charge in [0, 0.05) is 12.1 Å². The molecule has 0 saturated carbocycles. The second-order valence-electron chi connectivity index (χ2n) is 10.7. The van der Waals surface area contributed by atoms with Crippen LogP contribution in [0.4, 0.5) is 0 Å². The predicted molar refractivity (Wildman–Crippen MR) is 165 cm³/mol. The van der Waals surface area contributed by atoms with Gasteiger partial charge in [0.1, 0.15) is 0 Å². The predicted octanol–water partition coefficient (Wildman–Crippen LogP) is 7.90. The second kappa shape index (κ2) is 16.4. The van der Waals surface area contributed by atoms with Crippen LogP contribution in [0.15, 0.2) is 91.0 Å². The van der Waals surface area contributed by atoms with Gasteiger partial charge in [-0.15, -0.1) is 0 Å². The second-order valence-corrected chi connectivity index (χ2v) is 12.9. The van der Waals surface area contributed by atoms with Gasteiger partial charge in [-0.25, -0.2) is 0 Å². The molecule has 0 N–H and O–H groups in total. The van der Waals surface area contributed by atoms with Crippen LogP contribution in [0.5, 0.6) is 0 Å². The van der Waals surface area contributed by atoms with Crippen molar-refractivity contribution in [3.05, 3.63) is 108 Å². The molecule has 0 unspecified atom stereocenters. The molecule has 3 aromatic rings. The van der Waals surface area contributed by atoms with E-state index in [0.29, 0.717) is 39.2 Å². The summed E-state index contributed by atoms with van der Waals surface area (Å²) in [6.45, 7) is 9.13. The lowest BCUT2D eigenvalue weighted by Gasteiger charge is -2.46. The Morgan fingerprint density at radius 3 is 1.98 bits per heavy atom. The van der Waals surface area contributed by atoms with Crippen molar-refractivity contribution in [3.8, 4) is 0 Å². The van der Waals surface area contributed by atoms with E-state index in [1.807, 2.05) is 50.2 Å². The van der Waals surface area contributed by atoms with Gasteiger partial charge in [0.15, 0.2) is 0 Å². The number of nitrogens with zero attached hydrogens (tertiary/aromatic N) is 1. The van der Waals surface area contributed by atoms with Crippen LogP contribution >= 0.6 is 7.60 Å². The number of ether oxygens (including phenoxy) is 2. The third-order valence-corrected chi connectivity index (χ3v) is 10.1. The Hall–Kier alpha value is -2.31. The third kappa shape index (κ3) is 9.61. The maximum atomic E-state index is 13.5. The number of hydrogen-bond acceptors (Lipinski definition) is 6. The van der Waals surface area contributed by atoms with Crippen molar-refractivity contribution in [2.75, 3.05) is 32.5 Å². The largest absolute Gasteiger partial charge is 0.374 e. The summed E-state index contributed by atoms with van der Waals surface area (Å²) in [5.74, 6) is 0.195. The van der Waals surface area contributed by atoms with Crippen LogP contribution in [0.2, 0.25) is 0 Å². The molecular formula is C34H46NO5P. The first-order chi connectivity index (χ1) is 20.0. The van der Waals surface area contributed by atoms with Crippen molar-refractivity contribution in [2.24, 2.45) is 5.92 Å². The first-order valence-corrected chi connectivity index (χ1v) is 16.7. The van der Waals surface area contributed by atoms with Gasteiger partial charge in [0.2, 0.25) is 0 Å². The smallest absolute Gasteiger partial charge is 0.330 e. The SMILES string of the molecule is CCOP(=O)(C[C@H]1CCN([C@@H](C)c2ccccc2)[C@@H]([C@@H](COCc2ccccc2)OCc2ccccc2)C1)OCC. The molecule has 3 aromatic carbocycles. The zero-order valence-electron chi connectivity index (χ0n) is 24.8. The van der Waals surface area contributed by atoms with E-state index in [2.05, 4.69) is 66.4 Å². The molecule has 4 rings (SSSR count). The highest BCUT2D eigenvalue weighted by molar-refractivity contribution is 7.53. The first-order valence-electron chi connectivity index (χ1n) is 15.0. The zero-order chi connectivity index (χ0) is 28.9. The minimum atomic E-state index is -3.16. The summed E-state index contributed by atoms with van der Waals surface area (Å²) in [5.41, 5.74) is 3.55. The molecule has 41 heavy (non-hydrogen) atoms. The van der Waals surface area contributed by atoms with Crippen LogP contribution in [0, 0.1) is 5.92 Å². The van der Waals surface area contributed by atoms with Crippen molar-refractivity contribution in [1.82, 2.24) is 4.90 Å². The minimum Gasteiger partial charge on any atom is -0.374 e. The molecule has 1 fully saturated rings. The highest BCUT2D eigenvalue weighted by atomic mass is 31.2. The van der Waals surface area contributed by atoms with Crippen molar-refractivity contribution in [3.63, 3.8) is 0 Å². The van der Waals surface area contributed by atoms with E-state index in [0.717, 1.165) is 30.5 Å². The van der Waals surface area contributed by atoms with Crippen molar-refractivity contribution in [2.45, 2.75) is 65.0 Å². The molecule has 4 atom stereocenters. The Morgan fingerprint density at radius 1 is 0.829 bits per heavy atom. The van der Waals surface area contributed by atoms with Gasteiger partial charge in [-0.1, -0.05) is 91.0 Å². The van der Waals surface area contributed by atoms with Gasteiger partial charge < -0.3 is 18.5 Å². The number of piperidine rings is 1. The van der Waals surface area contributed by atoms with Crippen LogP contribution in [0.25, 0.3) is 0 Å². The number of hydrogen-bond donors (Lipinski definition) is 0. The van der Waals surface area contributed by atoms with Gasteiger partial charge >= 0.3 is 7.60 Å². The lowest BCUT2D eigenvalue weighted by atomic mass is 9.87. The summed E-state index contributed by atoms with van der Waals surface area (Å²) in [6.07, 6.45) is 2.00. The Morgan fingerprint density at radius 2 is 1.39 bits per heavy atom. The van der Waals surface area contributed by atoms with Gasteiger partial charge in [-0.3, -0.25) is 9.46 Å². The van der Waals surface area contributed by atoms with Gasteiger partial charge in [0.25, 0.3) is 0 Å². The average molecular weight is 580 g/mol. The molecular weight excluding hydrogens is 533 g/mol. The van der Waals surface area contributed by atoms with E-state index < -0.39 is 7.60 Å². The third-order valence-electron chi connectivity index (χ3n) is 7.84. The fourth-order valence-corrected chi connectivity index (χ4v) is 7.83. The van der Waals surface area contributed by atoms with Gasteiger partial charge in [-0.2, -0.15) is 0 Å². The highest BCUT2D eigenvalue weighted by Crippen LogP contribution is 2.51. The molecule has 1 heterocycles. The van der Waals surface area contributed by atoms with Gasteiger partial charge in [0.05, 0.1) is 45.3 Å². The first kappa shape index (κ1) is 31.6. The van der Waals surface area contributed by atoms with Crippen molar-refractivity contribution in [1.29, 1.82) is 0 Å². The van der Waals surface area contributed by atoms with Crippen LogP contribution in [0.3, 0.4) is 0 Å². The van der Waals surface area contributed by atoms with Crippen molar-refractivity contribution >= 4 is 7.60 Å².